The predicted octanol–water partition coefficient (Wildman–Crippen LogP) is 1.36. The van der Waals surface area contributed by atoms with Crippen LogP contribution in [0.15, 0.2) is 30.3 Å². The van der Waals surface area contributed by atoms with Crippen molar-refractivity contribution in [1.82, 2.24) is 5.32 Å². The Morgan fingerprint density at radius 2 is 1.91 bits per heavy atom. The Hall–Kier alpha value is -1.73. The molecule has 1 aliphatic rings. The molecule has 0 spiro atoms. The Morgan fingerprint density at radius 1 is 1.26 bits per heavy atom. The summed E-state index contributed by atoms with van der Waals surface area (Å²) in [6, 6.07) is 8.73. The van der Waals surface area contributed by atoms with E-state index in [1.54, 1.807) is 0 Å². The molecule has 0 saturated heterocycles. The summed E-state index contributed by atoms with van der Waals surface area (Å²) in [5.41, 5.74) is 0.940. The van der Waals surface area contributed by atoms with E-state index in [-0.39, 0.29) is 24.5 Å². The van der Waals surface area contributed by atoms with E-state index in [0.717, 1.165) is 5.56 Å². The predicted molar refractivity (Wildman–Crippen MR) is 85.4 cm³/mol. The van der Waals surface area contributed by atoms with Crippen LogP contribution in [0, 0.1) is 5.92 Å². The van der Waals surface area contributed by atoms with E-state index >= 15 is 0 Å². The molecule has 0 heterocycles. The normalized spacial score (nSPS) is 22.5. The molecule has 7 heteroatoms. The lowest BCUT2D eigenvalue weighted by atomic mass is 10.0. The van der Waals surface area contributed by atoms with Gasteiger partial charge in [0.05, 0.1) is 11.3 Å². The number of Topliss-reactive ketones (excluding diaryl/α,β-unsaturated/α-hetero) is 1. The van der Waals surface area contributed by atoms with Crippen LogP contribution in [0.1, 0.15) is 31.7 Å². The van der Waals surface area contributed by atoms with Gasteiger partial charge in [0.15, 0.2) is 5.78 Å². The number of ketones is 1. The van der Waals surface area contributed by atoms with Gasteiger partial charge >= 0.3 is 0 Å². The highest BCUT2D eigenvalue weighted by Crippen LogP contribution is 2.30. The molecule has 0 bridgehead atoms. The largest absolute Gasteiger partial charge is 0.346 e. The number of carbonyl (C=O) groups is 2. The van der Waals surface area contributed by atoms with Gasteiger partial charge in [0.1, 0.15) is 0 Å². The molecule has 1 aromatic rings. The molecule has 1 saturated carbocycles. The molecule has 0 radical (unpaired) electrons. The highest BCUT2D eigenvalue weighted by molar-refractivity contribution is 7.86. The topological polar surface area (TPSA) is 101 Å². The minimum absolute atomic E-state index is 0.0978. The maximum atomic E-state index is 12.3. The zero-order valence-electron chi connectivity index (χ0n) is 12.9. The number of hydrogen-bond acceptors (Lipinski definition) is 4. The molecular formula is C16H21NO5S. The van der Waals surface area contributed by atoms with E-state index in [9.17, 15) is 18.0 Å². The fraction of sp³-hybridized carbons (Fsp3) is 0.500. The molecular weight excluding hydrogens is 318 g/mol. The Bertz CT molecular complexity index is 671. The van der Waals surface area contributed by atoms with Crippen molar-refractivity contribution in [2.24, 2.45) is 5.92 Å². The van der Waals surface area contributed by atoms with Gasteiger partial charge in [0, 0.05) is 5.92 Å². The Labute approximate surface area is 136 Å². The molecule has 0 aromatic heterocycles. The molecule has 1 aromatic carbocycles. The fourth-order valence-electron chi connectivity index (χ4n) is 2.88. The second-order valence-electron chi connectivity index (χ2n) is 6.01. The molecule has 2 N–H and O–H groups in total. The summed E-state index contributed by atoms with van der Waals surface area (Å²) in [6.45, 7) is 1.42. The average molecular weight is 339 g/mol. The van der Waals surface area contributed by atoms with Crippen molar-refractivity contribution in [1.29, 1.82) is 0 Å². The molecule has 6 nitrogen and oxygen atoms in total. The third-order valence-corrected chi connectivity index (χ3v) is 5.54. The van der Waals surface area contributed by atoms with Crippen molar-refractivity contribution >= 4 is 21.8 Å². The fourth-order valence-corrected chi connectivity index (χ4v) is 3.79. The number of benzene rings is 1. The lowest BCUT2D eigenvalue weighted by Crippen LogP contribution is -2.43. The third kappa shape index (κ3) is 4.87. The summed E-state index contributed by atoms with van der Waals surface area (Å²) < 4.78 is 31.4. The van der Waals surface area contributed by atoms with Crippen LogP contribution in [-0.4, -0.2) is 36.0 Å². The van der Waals surface area contributed by atoms with Gasteiger partial charge in [0.2, 0.25) is 5.91 Å². The quantitative estimate of drug-likeness (QED) is 0.762. The second-order valence-corrected chi connectivity index (χ2v) is 7.71. The van der Waals surface area contributed by atoms with Gasteiger partial charge in [-0.15, -0.1) is 0 Å². The van der Waals surface area contributed by atoms with Crippen molar-refractivity contribution in [2.45, 2.75) is 43.9 Å². The molecule has 2 unspecified atom stereocenters. The van der Waals surface area contributed by atoms with Crippen molar-refractivity contribution in [2.75, 3.05) is 0 Å². The molecule has 1 amide bonds. The minimum Gasteiger partial charge on any atom is -0.346 e. The molecule has 2 rings (SSSR count). The Balaban J connectivity index is 1.98. The van der Waals surface area contributed by atoms with E-state index in [0.29, 0.717) is 12.8 Å². The van der Waals surface area contributed by atoms with E-state index in [2.05, 4.69) is 5.32 Å². The summed E-state index contributed by atoms with van der Waals surface area (Å²) in [4.78, 5) is 24.1. The highest BCUT2D eigenvalue weighted by atomic mass is 32.2. The SMILES string of the molecule is CC(=O)[C@H](Cc1ccccc1)NC(=O)C1CCC(S(=O)(=O)O)C1. The van der Waals surface area contributed by atoms with Crippen LogP contribution in [0.4, 0.5) is 0 Å². The van der Waals surface area contributed by atoms with E-state index in [1.807, 2.05) is 30.3 Å². The van der Waals surface area contributed by atoms with Gasteiger partial charge in [-0.2, -0.15) is 8.42 Å². The van der Waals surface area contributed by atoms with E-state index < -0.39 is 27.3 Å². The van der Waals surface area contributed by atoms with Crippen molar-refractivity contribution in [3.63, 3.8) is 0 Å². The van der Waals surface area contributed by atoms with Crippen LogP contribution in [0.25, 0.3) is 0 Å². The molecule has 1 fully saturated rings. The smallest absolute Gasteiger partial charge is 0.267 e. The highest BCUT2D eigenvalue weighted by Gasteiger charge is 2.37. The van der Waals surface area contributed by atoms with Crippen molar-refractivity contribution in [3.8, 4) is 0 Å². The monoisotopic (exact) mass is 339 g/mol. The molecule has 3 atom stereocenters. The number of hydrogen-bond donors (Lipinski definition) is 2. The van der Waals surface area contributed by atoms with E-state index in [4.69, 9.17) is 4.55 Å². The first-order valence-corrected chi connectivity index (χ1v) is 9.08. The summed E-state index contributed by atoms with van der Waals surface area (Å²) in [7, 11) is -4.11. The van der Waals surface area contributed by atoms with Crippen LogP contribution in [-0.2, 0) is 26.1 Å². The number of carbonyl (C=O) groups excluding carboxylic acids is 2. The van der Waals surface area contributed by atoms with Crippen molar-refractivity contribution in [3.05, 3.63) is 35.9 Å². The first-order valence-electron chi connectivity index (χ1n) is 7.58. The number of rotatable bonds is 6. The maximum absolute atomic E-state index is 12.3. The van der Waals surface area contributed by atoms with Crippen LogP contribution < -0.4 is 5.32 Å². The van der Waals surface area contributed by atoms with Crippen LogP contribution >= 0.6 is 0 Å². The van der Waals surface area contributed by atoms with Gasteiger partial charge in [-0.1, -0.05) is 30.3 Å². The molecule has 0 aliphatic heterocycles. The Kier molecular flexibility index (Phi) is 5.54. The van der Waals surface area contributed by atoms with E-state index in [1.165, 1.54) is 6.92 Å². The summed E-state index contributed by atoms with van der Waals surface area (Å²) in [5, 5.41) is 1.83. The Morgan fingerprint density at radius 3 is 2.43 bits per heavy atom. The first kappa shape index (κ1) is 17.6. The maximum Gasteiger partial charge on any atom is 0.267 e. The van der Waals surface area contributed by atoms with Gasteiger partial charge in [-0.3, -0.25) is 14.1 Å². The summed E-state index contributed by atoms with van der Waals surface area (Å²) in [5.74, 6) is -0.960. The van der Waals surface area contributed by atoms with Crippen LogP contribution in [0.5, 0.6) is 0 Å². The number of nitrogens with one attached hydrogen (secondary N) is 1. The van der Waals surface area contributed by atoms with Crippen LogP contribution in [0.3, 0.4) is 0 Å². The second kappa shape index (κ2) is 7.23. The van der Waals surface area contributed by atoms with Gasteiger partial charge in [-0.25, -0.2) is 0 Å². The van der Waals surface area contributed by atoms with Gasteiger partial charge < -0.3 is 5.32 Å². The molecule has 1 aliphatic carbocycles. The average Bonchev–Trinajstić information content (AvgIpc) is 2.97. The zero-order valence-corrected chi connectivity index (χ0v) is 13.8. The van der Waals surface area contributed by atoms with Gasteiger partial charge in [0.25, 0.3) is 10.1 Å². The standard InChI is InChI=1S/C16H21NO5S/c1-11(18)15(9-12-5-3-2-4-6-12)17-16(19)13-7-8-14(10-13)23(20,21)22/h2-6,13-15H,7-10H2,1H3,(H,17,19)(H,20,21,22)/t13?,14?,15-/m0/s1. The lowest BCUT2D eigenvalue weighted by molar-refractivity contribution is -0.129. The summed E-state index contributed by atoms with van der Waals surface area (Å²) >= 11 is 0. The third-order valence-electron chi connectivity index (χ3n) is 4.27. The summed E-state index contributed by atoms with van der Waals surface area (Å²) in [6.07, 6.45) is 1.16. The number of amides is 1. The molecule has 126 valence electrons. The van der Waals surface area contributed by atoms with Gasteiger partial charge in [-0.05, 0) is 38.2 Å². The zero-order chi connectivity index (χ0) is 17.0. The lowest BCUT2D eigenvalue weighted by Gasteiger charge is -2.19. The first-order chi connectivity index (χ1) is 10.8. The van der Waals surface area contributed by atoms with Crippen molar-refractivity contribution < 1.29 is 22.6 Å². The molecule has 23 heavy (non-hydrogen) atoms. The minimum atomic E-state index is -4.11. The van der Waals surface area contributed by atoms with Crippen LogP contribution in [0.2, 0.25) is 0 Å².